The molecule has 0 bridgehead atoms. The molecule has 90 valence electrons. The number of carbonyl (C=O) groups is 1. The Bertz CT molecular complexity index is 373. The number of aromatic hydroxyl groups is 1. The Kier molecular flexibility index (Phi) is 5.77. The Hall–Kier alpha value is -1.33. The molecule has 4 nitrogen and oxygen atoms in total. The van der Waals surface area contributed by atoms with Gasteiger partial charge in [0.05, 0.1) is 13.5 Å². The Morgan fingerprint density at radius 1 is 1.62 bits per heavy atom. The van der Waals surface area contributed by atoms with E-state index in [0.717, 1.165) is 12.1 Å². The molecule has 0 aliphatic rings. The number of methoxy groups -OCH3 is 1. The molecular formula is C10H13ClFNO3. The molecule has 0 saturated heterocycles. The van der Waals surface area contributed by atoms with Crippen LogP contribution in [0.2, 0.25) is 0 Å². The number of hydrogen-bond donors (Lipinski definition) is 2. The average molecular weight is 250 g/mol. The fourth-order valence-corrected chi connectivity index (χ4v) is 1.20. The zero-order chi connectivity index (χ0) is 11.4. The molecule has 0 radical (unpaired) electrons. The zero-order valence-corrected chi connectivity index (χ0v) is 9.46. The molecule has 1 aromatic rings. The predicted octanol–water partition coefficient (Wildman–Crippen LogP) is 1.52. The lowest BCUT2D eigenvalue weighted by molar-refractivity contribution is -0.141. The van der Waals surface area contributed by atoms with E-state index in [0.29, 0.717) is 0 Å². The van der Waals surface area contributed by atoms with Crippen LogP contribution in [0, 0.1) is 5.82 Å². The van der Waals surface area contributed by atoms with Crippen LogP contribution in [0.15, 0.2) is 18.2 Å². The van der Waals surface area contributed by atoms with Gasteiger partial charge in [0.2, 0.25) is 0 Å². The molecule has 16 heavy (non-hydrogen) atoms. The smallest absolute Gasteiger partial charge is 0.307 e. The molecule has 0 heterocycles. The van der Waals surface area contributed by atoms with E-state index in [-0.39, 0.29) is 30.1 Å². The van der Waals surface area contributed by atoms with E-state index >= 15 is 0 Å². The van der Waals surface area contributed by atoms with Crippen molar-refractivity contribution in [1.29, 1.82) is 0 Å². The number of phenols is 1. The Labute approximate surface area is 98.6 Å². The summed E-state index contributed by atoms with van der Waals surface area (Å²) in [7, 11) is 1.24. The van der Waals surface area contributed by atoms with Crippen molar-refractivity contribution >= 4 is 18.4 Å². The summed E-state index contributed by atoms with van der Waals surface area (Å²) >= 11 is 0. The molecule has 1 rings (SSSR count). The summed E-state index contributed by atoms with van der Waals surface area (Å²) < 4.78 is 17.3. The Balaban J connectivity index is 0.00000225. The first-order valence-electron chi connectivity index (χ1n) is 4.35. The number of carbonyl (C=O) groups excluding carboxylic acids is 1. The van der Waals surface area contributed by atoms with Crippen molar-refractivity contribution in [2.24, 2.45) is 5.73 Å². The van der Waals surface area contributed by atoms with Crippen LogP contribution in [0.25, 0.3) is 0 Å². The second kappa shape index (κ2) is 6.30. The van der Waals surface area contributed by atoms with Crippen molar-refractivity contribution in [2.45, 2.75) is 12.5 Å². The lowest BCUT2D eigenvalue weighted by atomic mass is 10.0. The number of esters is 1. The van der Waals surface area contributed by atoms with E-state index in [9.17, 15) is 14.3 Å². The van der Waals surface area contributed by atoms with Crippen LogP contribution in [0.4, 0.5) is 4.39 Å². The van der Waals surface area contributed by atoms with E-state index < -0.39 is 17.8 Å². The van der Waals surface area contributed by atoms with Gasteiger partial charge < -0.3 is 15.6 Å². The number of hydrogen-bond acceptors (Lipinski definition) is 4. The maximum absolute atomic E-state index is 12.8. The van der Waals surface area contributed by atoms with Crippen molar-refractivity contribution < 1.29 is 19.0 Å². The second-order valence-electron chi connectivity index (χ2n) is 3.09. The highest BCUT2D eigenvalue weighted by Gasteiger charge is 2.15. The number of benzene rings is 1. The van der Waals surface area contributed by atoms with E-state index in [1.165, 1.54) is 13.2 Å². The van der Waals surface area contributed by atoms with E-state index in [2.05, 4.69) is 4.74 Å². The maximum Gasteiger partial charge on any atom is 0.307 e. The fourth-order valence-electron chi connectivity index (χ4n) is 1.20. The summed E-state index contributed by atoms with van der Waals surface area (Å²) in [5.41, 5.74) is 5.81. The topological polar surface area (TPSA) is 72.5 Å². The van der Waals surface area contributed by atoms with E-state index in [4.69, 9.17) is 5.73 Å². The lowest BCUT2D eigenvalue weighted by Gasteiger charge is -2.12. The molecule has 0 spiro atoms. The molecule has 0 saturated carbocycles. The quantitative estimate of drug-likeness (QED) is 0.797. The summed E-state index contributed by atoms with van der Waals surface area (Å²) in [5, 5.41) is 9.39. The van der Waals surface area contributed by atoms with Crippen molar-refractivity contribution in [3.63, 3.8) is 0 Å². The van der Waals surface area contributed by atoms with Crippen LogP contribution in [-0.4, -0.2) is 18.2 Å². The highest BCUT2D eigenvalue weighted by atomic mass is 35.5. The van der Waals surface area contributed by atoms with Gasteiger partial charge in [-0.15, -0.1) is 12.4 Å². The minimum atomic E-state index is -0.770. The van der Waals surface area contributed by atoms with Gasteiger partial charge in [0.1, 0.15) is 11.6 Å². The first-order valence-corrected chi connectivity index (χ1v) is 4.35. The van der Waals surface area contributed by atoms with Gasteiger partial charge in [-0.1, -0.05) is 0 Å². The predicted molar refractivity (Wildman–Crippen MR) is 58.9 cm³/mol. The third-order valence-corrected chi connectivity index (χ3v) is 2.00. The Morgan fingerprint density at radius 3 is 2.81 bits per heavy atom. The van der Waals surface area contributed by atoms with Crippen LogP contribution in [0.1, 0.15) is 18.0 Å². The van der Waals surface area contributed by atoms with Crippen molar-refractivity contribution in [1.82, 2.24) is 0 Å². The molecule has 3 N–H and O–H groups in total. The number of ether oxygens (including phenoxy) is 1. The molecule has 0 amide bonds. The van der Waals surface area contributed by atoms with Gasteiger partial charge in [-0.2, -0.15) is 0 Å². The molecule has 0 aliphatic carbocycles. The number of rotatable bonds is 3. The summed E-state index contributed by atoms with van der Waals surface area (Å²) in [5.74, 6) is -1.15. The molecule has 1 unspecified atom stereocenters. The summed E-state index contributed by atoms with van der Waals surface area (Å²) in [4.78, 5) is 10.9. The van der Waals surface area contributed by atoms with Gasteiger partial charge >= 0.3 is 5.97 Å². The van der Waals surface area contributed by atoms with Crippen LogP contribution in [0.5, 0.6) is 5.75 Å². The van der Waals surface area contributed by atoms with Crippen molar-refractivity contribution in [3.8, 4) is 5.75 Å². The monoisotopic (exact) mass is 249 g/mol. The van der Waals surface area contributed by atoms with Gasteiger partial charge in [-0.3, -0.25) is 4.79 Å². The summed E-state index contributed by atoms with van der Waals surface area (Å²) in [6.45, 7) is 0. The SMILES string of the molecule is COC(=O)CC(N)c1cc(F)ccc1O.Cl. The molecule has 0 aliphatic heterocycles. The first kappa shape index (κ1) is 14.7. The first-order chi connectivity index (χ1) is 7.04. The molecule has 1 aromatic carbocycles. The highest BCUT2D eigenvalue weighted by Crippen LogP contribution is 2.25. The lowest BCUT2D eigenvalue weighted by Crippen LogP contribution is -2.16. The van der Waals surface area contributed by atoms with E-state index in [1.807, 2.05) is 0 Å². The Morgan fingerprint density at radius 2 is 2.25 bits per heavy atom. The molecular weight excluding hydrogens is 237 g/mol. The average Bonchev–Trinajstić information content (AvgIpc) is 2.21. The van der Waals surface area contributed by atoms with Gasteiger partial charge in [-0.25, -0.2) is 4.39 Å². The highest BCUT2D eigenvalue weighted by molar-refractivity contribution is 5.85. The summed E-state index contributed by atoms with van der Waals surface area (Å²) in [6, 6.07) is 2.64. The van der Waals surface area contributed by atoms with Gasteiger partial charge in [-0.05, 0) is 18.2 Å². The molecule has 0 aromatic heterocycles. The maximum atomic E-state index is 12.8. The van der Waals surface area contributed by atoms with Crippen LogP contribution in [0.3, 0.4) is 0 Å². The normalized spacial score (nSPS) is 11.4. The van der Waals surface area contributed by atoms with Crippen molar-refractivity contribution in [2.75, 3.05) is 7.11 Å². The third kappa shape index (κ3) is 3.67. The summed E-state index contributed by atoms with van der Waals surface area (Å²) in [6.07, 6.45) is -0.104. The van der Waals surface area contributed by atoms with Crippen LogP contribution in [-0.2, 0) is 9.53 Å². The van der Waals surface area contributed by atoms with Crippen molar-refractivity contribution in [3.05, 3.63) is 29.6 Å². The van der Waals surface area contributed by atoms with Gasteiger partial charge in [0.25, 0.3) is 0 Å². The van der Waals surface area contributed by atoms with Crippen LogP contribution >= 0.6 is 12.4 Å². The molecule has 6 heteroatoms. The molecule has 0 fully saturated rings. The minimum Gasteiger partial charge on any atom is -0.508 e. The van der Waals surface area contributed by atoms with Gasteiger partial charge in [0, 0.05) is 11.6 Å². The number of nitrogens with two attached hydrogens (primary N) is 1. The fraction of sp³-hybridized carbons (Fsp3) is 0.300. The number of halogens is 2. The van der Waals surface area contributed by atoms with E-state index in [1.54, 1.807) is 0 Å². The minimum absolute atomic E-state index is 0. The largest absolute Gasteiger partial charge is 0.508 e. The van der Waals surface area contributed by atoms with Gasteiger partial charge in [0.15, 0.2) is 0 Å². The third-order valence-electron chi connectivity index (χ3n) is 2.00. The standard InChI is InChI=1S/C10H12FNO3.ClH/c1-15-10(14)5-8(12)7-4-6(11)2-3-9(7)13;/h2-4,8,13H,5,12H2,1H3;1H. The van der Waals surface area contributed by atoms with Crippen LogP contribution < -0.4 is 5.73 Å². The second-order valence-corrected chi connectivity index (χ2v) is 3.09. The number of phenolic OH excluding ortho intramolecular Hbond substituents is 1. The zero-order valence-electron chi connectivity index (χ0n) is 8.64. The molecule has 1 atom stereocenters.